The summed E-state index contributed by atoms with van der Waals surface area (Å²) in [4.78, 5) is 13.3. The van der Waals surface area contributed by atoms with Gasteiger partial charge in [0.25, 0.3) is 0 Å². The zero-order valence-electron chi connectivity index (χ0n) is 9.79. The van der Waals surface area contributed by atoms with Crippen molar-refractivity contribution in [3.8, 4) is 5.75 Å². The number of hydrogen-bond acceptors (Lipinski definition) is 3. The Morgan fingerprint density at radius 2 is 2.11 bits per heavy atom. The lowest BCUT2D eigenvalue weighted by atomic mass is 10.3. The normalized spacial score (nSPS) is 16.2. The third-order valence-electron chi connectivity index (χ3n) is 2.69. The van der Waals surface area contributed by atoms with Gasteiger partial charge in [0.1, 0.15) is 5.82 Å². The minimum atomic E-state index is -0.878. The van der Waals surface area contributed by atoms with Crippen LogP contribution in [0.1, 0.15) is 6.42 Å². The molecule has 0 spiro atoms. The molecule has 1 N–H and O–H groups in total. The van der Waals surface area contributed by atoms with Gasteiger partial charge in [-0.05, 0) is 25.1 Å². The van der Waals surface area contributed by atoms with Crippen molar-refractivity contribution < 1.29 is 18.3 Å². The molecule has 1 aromatic rings. The van der Waals surface area contributed by atoms with Crippen LogP contribution in [0.15, 0.2) is 18.2 Å². The van der Waals surface area contributed by atoms with E-state index in [1.807, 2.05) is 0 Å². The molecule has 1 aromatic carbocycles. The first-order chi connectivity index (χ1) is 8.66. The molecule has 2 rings (SSSR count). The summed E-state index contributed by atoms with van der Waals surface area (Å²) in [6.07, 6.45) is 0.213. The van der Waals surface area contributed by atoms with Gasteiger partial charge in [-0.25, -0.2) is 13.6 Å². The van der Waals surface area contributed by atoms with Crippen LogP contribution in [0.25, 0.3) is 0 Å². The molecule has 6 heteroatoms. The maximum atomic E-state index is 13.3. The Bertz CT molecular complexity index is 432. The highest BCUT2D eigenvalue weighted by Gasteiger charge is 2.18. The highest BCUT2D eigenvalue weighted by atomic mass is 19.1. The molecule has 1 aliphatic heterocycles. The molecular weight excluding hydrogens is 242 g/mol. The fraction of sp³-hybridized carbons (Fsp3) is 0.417. The maximum absolute atomic E-state index is 13.3. The van der Waals surface area contributed by atoms with E-state index in [9.17, 15) is 13.6 Å². The number of halogens is 2. The maximum Gasteiger partial charge on any atom is 0.415 e. The first-order valence-electron chi connectivity index (χ1n) is 5.79. The monoisotopic (exact) mass is 256 g/mol. The molecule has 0 aromatic heterocycles. The van der Waals surface area contributed by atoms with Crippen molar-refractivity contribution >= 4 is 6.09 Å². The Morgan fingerprint density at radius 3 is 2.89 bits per heavy atom. The molecule has 0 bridgehead atoms. The van der Waals surface area contributed by atoms with E-state index in [2.05, 4.69) is 5.32 Å². The molecule has 18 heavy (non-hydrogen) atoms. The molecule has 0 aliphatic carbocycles. The van der Waals surface area contributed by atoms with Crippen LogP contribution in [0.3, 0.4) is 0 Å². The number of benzene rings is 1. The van der Waals surface area contributed by atoms with Crippen LogP contribution < -0.4 is 10.1 Å². The highest BCUT2D eigenvalue weighted by molar-refractivity contribution is 5.70. The average Bonchev–Trinajstić information content (AvgIpc) is 2.61. The lowest BCUT2D eigenvalue weighted by molar-refractivity contribution is 0.153. The number of nitrogens with zero attached hydrogens (tertiary/aromatic N) is 1. The minimum Gasteiger partial charge on any atom is -0.407 e. The smallest absolute Gasteiger partial charge is 0.407 e. The van der Waals surface area contributed by atoms with Gasteiger partial charge in [-0.3, -0.25) is 0 Å². The molecule has 1 aliphatic rings. The molecular formula is C12H14F2N2O2. The molecule has 0 unspecified atom stereocenters. The number of hydrogen-bond donors (Lipinski definition) is 1. The van der Waals surface area contributed by atoms with Gasteiger partial charge in [0.05, 0.1) is 0 Å². The van der Waals surface area contributed by atoms with Crippen LogP contribution in [-0.2, 0) is 0 Å². The molecule has 1 heterocycles. The standard InChI is InChI=1S/C12H14F2N2O2/c13-9-2-3-11(10(14)8-9)18-12(17)16-6-1-4-15-5-7-16/h2-3,8,15H,1,4-7H2. The van der Waals surface area contributed by atoms with Crippen LogP contribution in [0.2, 0.25) is 0 Å². The van der Waals surface area contributed by atoms with E-state index < -0.39 is 17.7 Å². The van der Waals surface area contributed by atoms with E-state index in [-0.39, 0.29) is 5.75 Å². The van der Waals surface area contributed by atoms with Gasteiger partial charge in [-0.2, -0.15) is 0 Å². The molecule has 98 valence electrons. The third-order valence-corrected chi connectivity index (χ3v) is 2.69. The summed E-state index contributed by atoms with van der Waals surface area (Å²) in [6.45, 7) is 2.60. The fourth-order valence-electron chi connectivity index (χ4n) is 1.74. The molecule has 1 saturated heterocycles. The Balaban J connectivity index is 2.01. The van der Waals surface area contributed by atoms with Crippen LogP contribution in [0, 0.1) is 11.6 Å². The van der Waals surface area contributed by atoms with E-state index in [4.69, 9.17) is 4.74 Å². The number of amides is 1. The molecule has 0 saturated carbocycles. The summed E-state index contributed by atoms with van der Waals surface area (Å²) in [5.74, 6) is -1.83. The van der Waals surface area contributed by atoms with Gasteiger partial charge in [0, 0.05) is 25.7 Å². The first-order valence-corrected chi connectivity index (χ1v) is 5.79. The van der Waals surface area contributed by atoms with E-state index in [0.717, 1.165) is 25.1 Å². The Labute approximate surface area is 104 Å². The second-order valence-corrected chi connectivity index (χ2v) is 4.03. The van der Waals surface area contributed by atoms with E-state index >= 15 is 0 Å². The number of carbonyl (C=O) groups excluding carboxylic acids is 1. The highest BCUT2D eigenvalue weighted by Crippen LogP contribution is 2.18. The van der Waals surface area contributed by atoms with Gasteiger partial charge in [-0.15, -0.1) is 0 Å². The van der Waals surface area contributed by atoms with Crippen molar-refractivity contribution in [3.05, 3.63) is 29.8 Å². The predicted octanol–water partition coefficient (Wildman–Crippen LogP) is 1.76. The topological polar surface area (TPSA) is 41.6 Å². The van der Waals surface area contributed by atoms with E-state index in [0.29, 0.717) is 25.7 Å². The van der Waals surface area contributed by atoms with Crippen molar-refractivity contribution in [2.45, 2.75) is 6.42 Å². The summed E-state index contributed by atoms with van der Waals surface area (Å²) in [5.41, 5.74) is 0. The fourth-order valence-corrected chi connectivity index (χ4v) is 1.74. The summed E-state index contributed by atoms with van der Waals surface area (Å²) >= 11 is 0. The van der Waals surface area contributed by atoms with Gasteiger partial charge >= 0.3 is 6.09 Å². The van der Waals surface area contributed by atoms with Crippen LogP contribution in [0.4, 0.5) is 13.6 Å². The number of carbonyl (C=O) groups is 1. The summed E-state index contributed by atoms with van der Waals surface area (Å²) in [5, 5.41) is 3.14. The van der Waals surface area contributed by atoms with Crippen molar-refractivity contribution in [1.29, 1.82) is 0 Å². The van der Waals surface area contributed by atoms with Gasteiger partial charge in [0.2, 0.25) is 0 Å². The Morgan fingerprint density at radius 1 is 1.28 bits per heavy atom. The summed E-state index contributed by atoms with van der Waals surface area (Å²) < 4.78 is 30.9. The Hall–Kier alpha value is -1.69. The van der Waals surface area contributed by atoms with Crippen LogP contribution in [0.5, 0.6) is 5.75 Å². The molecule has 1 amide bonds. The SMILES string of the molecule is O=C(Oc1ccc(F)cc1F)N1CCCNCC1. The lowest BCUT2D eigenvalue weighted by Crippen LogP contribution is -2.36. The van der Waals surface area contributed by atoms with Crippen LogP contribution >= 0.6 is 0 Å². The predicted molar refractivity (Wildman–Crippen MR) is 61.4 cm³/mol. The minimum absolute atomic E-state index is 0.251. The zero-order valence-corrected chi connectivity index (χ0v) is 9.79. The lowest BCUT2D eigenvalue weighted by Gasteiger charge is -2.19. The van der Waals surface area contributed by atoms with Crippen molar-refractivity contribution in [2.24, 2.45) is 0 Å². The van der Waals surface area contributed by atoms with Crippen molar-refractivity contribution in [3.63, 3.8) is 0 Å². The largest absolute Gasteiger partial charge is 0.415 e. The van der Waals surface area contributed by atoms with Gasteiger partial charge in [-0.1, -0.05) is 0 Å². The number of nitrogens with one attached hydrogen (secondary N) is 1. The number of ether oxygens (including phenoxy) is 1. The molecule has 4 nitrogen and oxygen atoms in total. The van der Waals surface area contributed by atoms with E-state index in [1.54, 1.807) is 0 Å². The molecule has 1 fully saturated rings. The van der Waals surface area contributed by atoms with Crippen molar-refractivity contribution in [1.82, 2.24) is 10.2 Å². The Kier molecular flexibility index (Phi) is 4.09. The van der Waals surface area contributed by atoms with E-state index in [1.165, 1.54) is 4.90 Å². The average molecular weight is 256 g/mol. The van der Waals surface area contributed by atoms with Gasteiger partial charge in [0.15, 0.2) is 11.6 Å². The molecule has 0 atom stereocenters. The first kappa shape index (κ1) is 12.8. The number of rotatable bonds is 1. The summed E-state index contributed by atoms with van der Waals surface area (Å²) in [6, 6.07) is 2.85. The second-order valence-electron chi connectivity index (χ2n) is 4.03. The quantitative estimate of drug-likeness (QED) is 0.832. The second kappa shape index (κ2) is 5.77. The van der Waals surface area contributed by atoms with Crippen molar-refractivity contribution in [2.75, 3.05) is 26.2 Å². The van der Waals surface area contributed by atoms with Gasteiger partial charge < -0.3 is 15.0 Å². The summed E-state index contributed by atoms with van der Waals surface area (Å²) in [7, 11) is 0. The zero-order chi connectivity index (χ0) is 13.0. The molecule has 0 radical (unpaired) electrons. The third kappa shape index (κ3) is 3.16. The van der Waals surface area contributed by atoms with Crippen LogP contribution in [-0.4, -0.2) is 37.2 Å².